The Hall–Kier alpha value is -0.950. The number of carbonyl (C=O) groups is 2. The second-order valence-electron chi connectivity index (χ2n) is 4.62. The number of hydrazine groups is 1. The average molecular weight is 262 g/mol. The first-order valence-corrected chi connectivity index (χ1v) is 6.64. The fraction of sp³-hybridized carbons (Fsp3) is 0.800. The Balaban J connectivity index is 2.43. The number of carbonyl (C=O) groups excluding carboxylic acids is 2. The fourth-order valence-corrected chi connectivity index (χ4v) is 1.78. The van der Waals surface area contributed by atoms with Gasteiger partial charge in [-0.2, -0.15) is 11.8 Å². The molecule has 1 heterocycles. The molecule has 1 rings (SSSR count). The van der Waals surface area contributed by atoms with E-state index in [1.54, 1.807) is 20.8 Å². The van der Waals surface area contributed by atoms with E-state index in [9.17, 15) is 9.59 Å². The van der Waals surface area contributed by atoms with Crippen molar-refractivity contribution in [3.8, 4) is 0 Å². The van der Waals surface area contributed by atoms with Crippen LogP contribution in [0.15, 0.2) is 0 Å². The van der Waals surface area contributed by atoms with E-state index in [2.05, 4.69) is 5.43 Å². The van der Waals surface area contributed by atoms with Crippen molar-refractivity contribution >= 4 is 23.8 Å². The van der Waals surface area contributed by atoms with Crippen molar-refractivity contribution in [2.45, 2.75) is 32.5 Å². The van der Waals surface area contributed by atoms with Crippen LogP contribution in [0.1, 0.15) is 20.8 Å². The molecule has 1 unspecified atom stereocenters. The minimum Gasteiger partial charge on any atom is -0.443 e. The number of hydrogen-bond acceptors (Lipinski definition) is 5. The molecule has 1 aliphatic rings. The summed E-state index contributed by atoms with van der Waals surface area (Å²) in [6.07, 6.45) is 0.750. The summed E-state index contributed by atoms with van der Waals surface area (Å²) in [6, 6.07) is 0. The maximum atomic E-state index is 11.7. The van der Waals surface area contributed by atoms with E-state index in [-0.39, 0.29) is 12.6 Å². The van der Waals surface area contributed by atoms with Gasteiger partial charge in [-0.15, -0.1) is 0 Å². The largest absolute Gasteiger partial charge is 0.443 e. The Labute approximate surface area is 105 Å². The monoisotopic (exact) mass is 262 g/mol. The van der Waals surface area contributed by atoms with Gasteiger partial charge in [0.25, 0.3) is 5.91 Å². The molecule has 1 N–H and O–H groups in total. The summed E-state index contributed by atoms with van der Waals surface area (Å²) in [5.74, 6) is 0.330. The second kappa shape index (κ2) is 5.59. The lowest BCUT2D eigenvalue weighted by atomic mass is 10.2. The fourth-order valence-electron chi connectivity index (χ4n) is 1.24. The van der Waals surface area contributed by atoms with Gasteiger partial charge in [0, 0.05) is 5.75 Å². The molecule has 7 heteroatoms. The molecule has 0 aromatic carbocycles. The van der Waals surface area contributed by atoms with Crippen LogP contribution in [0, 0.1) is 0 Å². The van der Waals surface area contributed by atoms with Gasteiger partial charge in [0.15, 0.2) is 0 Å². The highest BCUT2D eigenvalue weighted by Crippen LogP contribution is 2.13. The Bertz CT molecular complexity index is 303. The third-order valence-corrected chi connectivity index (χ3v) is 2.53. The summed E-state index contributed by atoms with van der Waals surface area (Å²) in [4.78, 5) is 23.2. The van der Waals surface area contributed by atoms with E-state index in [1.165, 1.54) is 11.8 Å². The zero-order chi connectivity index (χ0) is 13.1. The van der Waals surface area contributed by atoms with E-state index in [1.807, 2.05) is 6.26 Å². The molecular formula is C10H18N2O4S. The first-order chi connectivity index (χ1) is 7.83. The van der Waals surface area contributed by atoms with E-state index >= 15 is 0 Å². The highest BCUT2D eigenvalue weighted by atomic mass is 32.2. The number of hydrogen-bond donors (Lipinski definition) is 1. The summed E-state index contributed by atoms with van der Waals surface area (Å²) in [7, 11) is 0. The molecule has 1 saturated heterocycles. The number of rotatable bonds is 3. The van der Waals surface area contributed by atoms with Crippen LogP contribution < -0.4 is 5.43 Å². The molecule has 0 saturated carbocycles. The third kappa shape index (κ3) is 4.43. The predicted octanol–water partition coefficient (Wildman–Crippen LogP) is 0.974. The van der Waals surface area contributed by atoms with Crippen LogP contribution in [0.4, 0.5) is 4.79 Å². The summed E-state index contributed by atoms with van der Waals surface area (Å²) in [5.41, 5.74) is 1.77. The van der Waals surface area contributed by atoms with Gasteiger partial charge in [-0.25, -0.2) is 15.2 Å². The Morgan fingerprint density at radius 2 is 2.29 bits per heavy atom. The number of nitrogens with one attached hydrogen (secondary N) is 1. The number of thioether (sulfide) groups is 1. The summed E-state index contributed by atoms with van der Waals surface area (Å²) in [6.45, 7) is 5.32. The predicted molar refractivity (Wildman–Crippen MR) is 64.3 cm³/mol. The van der Waals surface area contributed by atoms with Gasteiger partial charge in [-0.1, -0.05) is 0 Å². The molecule has 1 aliphatic heterocycles. The van der Waals surface area contributed by atoms with Crippen molar-refractivity contribution in [3.63, 3.8) is 0 Å². The van der Waals surface area contributed by atoms with Crippen molar-refractivity contribution in [3.05, 3.63) is 0 Å². The van der Waals surface area contributed by atoms with Crippen molar-refractivity contribution in [2.24, 2.45) is 0 Å². The van der Waals surface area contributed by atoms with Gasteiger partial charge in [0.2, 0.25) is 0 Å². The van der Waals surface area contributed by atoms with E-state index < -0.39 is 17.8 Å². The SMILES string of the molecule is CSCC1OCN(NC(=O)OC(C)(C)C)C1=O. The first kappa shape index (κ1) is 14.1. The molecule has 2 amide bonds. The van der Waals surface area contributed by atoms with E-state index in [0.29, 0.717) is 5.75 Å². The van der Waals surface area contributed by atoms with Crippen LogP contribution in [0.5, 0.6) is 0 Å². The van der Waals surface area contributed by atoms with Crippen molar-refractivity contribution < 1.29 is 19.1 Å². The van der Waals surface area contributed by atoms with Gasteiger partial charge < -0.3 is 9.47 Å². The number of ether oxygens (including phenoxy) is 2. The minimum atomic E-state index is -0.653. The highest BCUT2D eigenvalue weighted by molar-refractivity contribution is 7.98. The quantitative estimate of drug-likeness (QED) is 0.821. The van der Waals surface area contributed by atoms with Gasteiger partial charge >= 0.3 is 6.09 Å². The van der Waals surface area contributed by atoms with Crippen LogP contribution >= 0.6 is 11.8 Å². The molecule has 17 heavy (non-hydrogen) atoms. The van der Waals surface area contributed by atoms with Crippen LogP contribution in [0.25, 0.3) is 0 Å². The molecule has 0 aromatic heterocycles. The maximum absolute atomic E-state index is 11.7. The topological polar surface area (TPSA) is 67.9 Å². The van der Waals surface area contributed by atoms with Gasteiger partial charge in [-0.05, 0) is 27.0 Å². The molecule has 0 aliphatic carbocycles. The summed E-state index contributed by atoms with van der Waals surface area (Å²) < 4.78 is 10.3. The number of nitrogens with zero attached hydrogens (tertiary/aromatic N) is 1. The summed E-state index contributed by atoms with van der Waals surface area (Å²) >= 11 is 1.52. The molecule has 0 spiro atoms. The Morgan fingerprint density at radius 3 is 2.82 bits per heavy atom. The van der Waals surface area contributed by atoms with Crippen molar-refractivity contribution in [1.29, 1.82) is 0 Å². The van der Waals surface area contributed by atoms with Gasteiger partial charge in [0.05, 0.1) is 0 Å². The number of amides is 2. The molecule has 1 fully saturated rings. The lowest BCUT2D eigenvalue weighted by molar-refractivity contribution is -0.131. The summed E-state index contributed by atoms with van der Waals surface area (Å²) in [5, 5.41) is 1.13. The highest BCUT2D eigenvalue weighted by Gasteiger charge is 2.34. The van der Waals surface area contributed by atoms with Crippen LogP contribution in [-0.4, -0.2) is 47.5 Å². The van der Waals surface area contributed by atoms with Crippen LogP contribution in [-0.2, 0) is 14.3 Å². The van der Waals surface area contributed by atoms with E-state index in [4.69, 9.17) is 9.47 Å². The molecule has 0 radical (unpaired) electrons. The van der Waals surface area contributed by atoms with Crippen molar-refractivity contribution in [2.75, 3.05) is 18.7 Å². The minimum absolute atomic E-state index is 0.0588. The first-order valence-electron chi connectivity index (χ1n) is 5.25. The Morgan fingerprint density at radius 1 is 1.65 bits per heavy atom. The normalized spacial score (nSPS) is 20.6. The van der Waals surface area contributed by atoms with Gasteiger partial charge in [-0.3, -0.25) is 4.79 Å². The van der Waals surface area contributed by atoms with Crippen LogP contribution in [0.3, 0.4) is 0 Å². The van der Waals surface area contributed by atoms with E-state index in [0.717, 1.165) is 5.01 Å². The Kier molecular flexibility index (Phi) is 4.64. The van der Waals surface area contributed by atoms with Crippen molar-refractivity contribution in [1.82, 2.24) is 10.4 Å². The van der Waals surface area contributed by atoms with Crippen LogP contribution in [0.2, 0.25) is 0 Å². The standard InChI is InChI=1S/C10H18N2O4S/c1-10(2,3)16-9(14)11-12-6-15-7(5-17-4)8(12)13/h7H,5-6H2,1-4H3,(H,11,14). The lowest BCUT2D eigenvalue weighted by Gasteiger charge is -2.22. The third-order valence-electron chi connectivity index (χ3n) is 1.89. The molecule has 98 valence electrons. The molecular weight excluding hydrogens is 244 g/mol. The maximum Gasteiger partial charge on any atom is 0.426 e. The molecule has 1 atom stereocenters. The zero-order valence-electron chi connectivity index (χ0n) is 10.5. The lowest BCUT2D eigenvalue weighted by Crippen LogP contribution is -2.46. The average Bonchev–Trinajstić information content (AvgIpc) is 2.47. The zero-order valence-corrected chi connectivity index (χ0v) is 11.3. The molecule has 0 bridgehead atoms. The smallest absolute Gasteiger partial charge is 0.426 e. The second-order valence-corrected chi connectivity index (χ2v) is 5.53. The molecule has 6 nitrogen and oxygen atoms in total. The van der Waals surface area contributed by atoms with Gasteiger partial charge in [0.1, 0.15) is 18.4 Å². The molecule has 0 aromatic rings.